The molecule has 1 aromatic carbocycles. The number of aromatic nitrogens is 2. The first kappa shape index (κ1) is 20.7. The van der Waals surface area contributed by atoms with Crippen molar-refractivity contribution in [2.45, 2.75) is 32.7 Å². The highest BCUT2D eigenvalue weighted by atomic mass is 35.5. The summed E-state index contributed by atoms with van der Waals surface area (Å²) < 4.78 is 8.29. The second-order valence-electron chi connectivity index (χ2n) is 7.44. The Bertz CT molecular complexity index is 1100. The molecule has 1 atom stereocenters. The Labute approximate surface area is 185 Å². The first-order valence-corrected chi connectivity index (χ1v) is 11.1. The van der Waals surface area contributed by atoms with Gasteiger partial charge in [0.05, 0.1) is 35.2 Å². The topological polar surface area (TPSA) is 47.4 Å². The second-order valence-corrected chi connectivity index (χ2v) is 9.19. The molecule has 1 aliphatic heterocycles. The Morgan fingerprint density at radius 1 is 1.30 bits per heavy atom. The molecule has 1 saturated heterocycles. The lowest BCUT2D eigenvalue weighted by atomic mass is 9.99. The molecule has 0 aliphatic carbocycles. The number of halogens is 1. The van der Waals surface area contributed by atoms with Gasteiger partial charge < -0.3 is 14.2 Å². The van der Waals surface area contributed by atoms with Crippen LogP contribution in [0.5, 0.6) is 5.75 Å². The van der Waals surface area contributed by atoms with Gasteiger partial charge in [-0.25, -0.2) is 4.98 Å². The molecule has 0 saturated carbocycles. The van der Waals surface area contributed by atoms with E-state index in [1.807, 2.05) is 59.0 Å². The van der Waals surface area contributed by atoms with Gasteiger partial charge in [0.1, 0.15) is 5.75 Å². The molecule has 0 bridgehead atoms. The van der Waals surface area contributed by atoms with Crippen LogP contribution in [0.4, 0.5) is 0 Å². The molecule has 2 aromatic heterocycles. The van der Waals surface area contributed by atoms with Crippen molar-refractivity contribution in [1.82, 2.24) is 14.5 Å². The minimum atomic E-state index is 0.0140. The van der Waals surface area contributed by atoms with Crippen LogP contribution in [0, 0.1) is 6.92 Å². The highest BCUT2D eigenvalue weighted by molar-refractivity contribution is 7.16. The van der Waals surface area contributed by atoms with E-state index >= 15 is 0 Å². The van der Waals surface area contributed by atoms with E-state index in [4.69, 9.17) is 16.3 Å². The van der Waals surface area contributed by atoms with Crippen molar-refractivity contribution >= 4 is 34.9 Å². The van der Waals surface area contributed by atoms with Gasteiger partial charge in [0.2, 0.25) is 5.91 Å². The highest BCUT2D eigenvalue weighted by Crippen LogP contribution is 2.34. The number of carbonyl (C=O) groups is 1. The van der Waals surface area contributed by atoms with Crippen LogP contribution in [0.2, 0.25) is 4.34 Å². The molecule has 1 aliphatic rings. The first-order chi connectivity index (χ1) is 14.5. The van der Waals surface area contributed by atoms with Crippen molar-refractivity contribution in [2.75, 3.05) is 13.7 Å². The smallest absolute Gasteiger partial charge is 0.250 e. The fourth-order valence-corrected chi connectivity index (χ4v) is 4.92. The largest absolute Gasteiger partial charge is 0.495 e. The summed E-state index contributed by atoms with van der Waals surface area (Å²) in [4.78, 5) is 20.5. The van der Waals surface area contributed by atoms with Gasteiger partial charge in [0.25, 0.3) is 0 Å². The maximum atomic E-state index is 13.2. The van der Waals surface area contributed by atoms with Gasteiger partial charge in [-0.3, -0.25) is 4.79 Å². The standard InChI is InChI=1S/C23H24ClN3O2S/c1-15-13-26(14-25-15)19-7-6-17(12-20(19)29-3)11-18-5-4-10-27(23(18)28)16(2)21-8-9-22(24)30-21/h6-9,11-14,16H,4-5,10H2,1-3H3/t16-/m0/s1. The van der Waals surface area contributed by atoms with Crippen molar-refractivity contribution in [1.29, 1.82) is 0 Å². The number of hydrogen-bond donors (Lipinski definition) is 0. The van der Waals surface area contributed by atoms with Gasteiger partial charge in [-0.05, 0) is 62.6 Å². The van der Waals surface area contributed by atoms with Crippen molar-refractivity contribution in [2.24, 2.45) is 0 Å². The van der Waals surface area contributed by atoms with Crippen molar-refractivity contribution in [3.8, 4) is 11.4 Å². The predicted molar refractivity (Wildman–Crippen MR) is 122 cm³/mol. The Hall–Kier alpha value is -2.57. The number of imidazole rings is 1. The number of rotatable bonds is 5. The number of likely N-dealkylation sites (tertiary alicyclic amines) is 1. The first-order valence-electron chi connectivity index (χ1n) is 9.92. The Balaban J connectivity index is 1.60. The van der Waals surface area contributed by atoms with Crippen molar-refractivity contribution in [3.05, 3.63) is 68.9 Å². The summed E-state index contributed by atoms with van der Waals surface area (Å²) in [7, 11) is 1.65. The summed E-state index contributed by atoms with van der Waals surface area (Å²) >= 11 is 7.62. The third-order valence-corrected chi connectivity index (χ3v) is 6.79. The minimum Gasteiger partial charge on any atom is -0.495 e. The average molecular weight is 442 g/mol. The number of piperidine rings is 1. The van der Waals surface area contributed by atoms with Crippen LogP contribution in [-0.4, -0.2) is 34.0 Å². The summed E-state index contributed by atoms with van der Waals surface area (Å²) in [6, 6.07) is 9.87. The molecule has 7 heteroatoms. The molecule has 3 heterocycles. The Kier molecular flexibility index (Phi) is 5.97. The molecular formula is C23H24ClN3O2S. The van der Waals surface area contributed by atoms with Gasteiger partial charge in [-0.1, -0.05) is 17.7 Å². The highest BCUT2D eigenvalue weighted by Gasteiger charge is 2.28. The van der Waals surface area contributed by atoms with Crippen LogP contribution in [0.3, 0.4) is 0 Å². The minimum absolute atomic E-state index is 0.0140. The number of amides is 1. The van der Waals surface area contributed by atoms with E-state index in [0.29, 0.717) is 0 Å². The van der Waals surface area contributed by atoms with E-state index in [9.17, 15) is 4.79 Å². The SMILES string of the molecule is COc1cc(C=C2CCCN([C@@H](C)c3ccc(Cl)s3)C2=O)ccc1-n1cnc(C)c1. The Morgan fingerprint density at radius 3 is 2.80 bits per heavy atom. The van der Waals surface area contributed by atoms with E-state index in [1.54, 1.807) is 13.4 Å². The maximum Gasteiger partial charge on any atom is 0.250 e. The zero-order valence-corrected chi connectivity index (χ0v) is 18.8. The lowest BCUT2D eigenvalue weighted by Crippen LogP contribution is -2.38. The summed E-state index contributed by atoms with van der Waals surface area (Å²) in [5.41, 5.74) is 3.63. The van der Waals surface area contributed by atoms with Crippen molar-refractivity contribution in [3.63, 3.8) is 0 Å². The van der Waals surface area contributed by atoms with Crippen LogP contribution in [0.15, 0.2) is 48.4 Å². The molecule has 3 aromatic rings. The average Bonchev–Trinajstić information content (AvgIpc) is 3.37. The van der Waals surface area contributed by atoms with Crippen molar-refractivity contribution < 1.29 is 9.53 Å². The zero-order valence-electron chi connectivity index (χ0n) is 17.3. The summed E-state index contributed by atoms with van der Waals surface area (Å²) in [5, 5.41) is 0. The van der Waals surface area contributed by atoms with E-state index in [-0.39, 0.29) is 11.9 Å². The molecule has 0 spiro atoms. The summed E-state index contributed by atoms with van der Waals surface area (Å²) in [6.45, 7) is 4.77. The van der Waals surface area contributed by atoms with Gasteiger partial charge in [-0.15, -0.1) is 11.3 Å². The molecule has 5 nitrogen and oxygen atoms in total. The normalized spacial score (nSPS) is 16.9. The van der Waals surface area contributed by atoms with Crippen LogP contribution < -0.4 is 4.74 Å². The molecule has 0 unspecified atom stereocenters. The van der Waals surface area contributed by atoms with E-state index in [2.05, 4.69) is 11.9 Å². The van der Waals surface area contributed by atoms with Gasteiger partial charge in [-0.2, -0.15) is 0 Å². The van der Waals surface area contributed by atoms with Gasteiger partial charge in [0.15, 0.2) is 0 Å². The van der Waals surface area contributed by atoms with Gasteiger partial charge >= 0.3 is 0 Å². The number of hydrogen-bond acceptors (Lipinski definition) is 4. The number of benzene rings is 1. The fraction of sp³-hybridized carbons (Fsp3) is 0.304. The maximum absolute atomic E-state index is 13.2. The molecule has 4 rings (SSSR count). The number of thiophene rings is 1. The molecule has 0 N–H and O–H groups in total. The number of carbonyl (C=O) groups excluding carboxylic acids is 1. The monoisotopic (exact) mass is 441 g/mol. The predicted octanol–water partition coefficient (Wildman–Crippen LogP) is 5.67. The van der Waals surface area contributed by atoms with Crippen LogP contribution in [-0.2, 0) is 4.79 Å². The number of ether oxygens (including phenoxy) is 1. The molecular weight excluding hydrogens is 418 g/mol. The number of aryl methyl sites for hydroxylation is 1. The molecule has 1 fully saturated rings. The lowest BCUT2D eigenvalue weighted by molar-refractivity contribution is -0.130. The van der Waals surface area contributed by atoms with E-state index in [1.165, 1.54) is 11.3 Å². The summed E-state index contributed by atoms with van der Waals surface area (Å²) in [6.07, 6.45) is 7.43. The van der Waals surface area contributed by atoms with Crippen LogP contribution in [0.1, 0.15) is 41.9 Å². The third kappa shape index (κ3) is 4.16. The number of nitrogens with zero attached hydrogens (tertiary/aromatic N) is 3. The third-order valence-electron chi connectivity index (χ3n) is 5.39. The Morgan fingerprint density at radius 2 is 2.13 bits per heavy atom. The van der Waals surface area contributed by atoms with E-state index < -0.39 is 0 Å². The summed E-state index contributed by atoms with van der Waals surface area (Å²) in [5.74, 6) is 0.829. The molecule has 156 valence electrons. The zero-order chi connectivity index (χ0) is 21.3. The van der Waals surface area contributed by atoms with Gasteiger partial charge in [0, 0.05) is 23.2 Å². The number of methoxy groups -OCH3 is 1. The molecule has 0 radical (unpaired) electrons. The fourth-order valence-electron chi connectivity index (χ4n) is 3.79. The lowest BCUT2D eigenvalue weighted by Gasteiger charge is -2.33. The molecule has 1 amide bonds. The molecule has 30 heavy (non-hydrogen) atoms. The van der Waals surface area contributed by atoms with E-state index in [0.717, 1.165) is 56.9 Å². The van der Waals surface area contributed by atoms with Crippen LogP contribution in [0.25, 0.3) is 11.8 Å². The second kappa shape index (κ2) is 8.66. The quantitative estimate of drug-likeness (QED) is 0.479. The van der Waals surface area contributed by atoms with Crippen LogP contribution >= 0.6 is 22.9 Å².